The number of hydrogen-bond donors (Lipinski definition) is 2. The maximum Gasteiger partial charge on any atom is 0.422 e. The van der Waals surface area contributed by atoms with E-state index in [1.54, 1.807) is 6.07 Å². The van der Waals surface area contributed by atoms with E-state index in [2.05, 4.69) is 9.97 Å². The van der Waals surface area contributed by atoms with Crippen LogP contribution in [0.3, 0.4) is 0 Å². The first-order valence-corrected chi connectivity index (χ1v) is 10.9. The number of nitrogens with one attached hydrogen (secondary N) is 2. The van der Waals surface area contributed by atoms with Crippen LogP contribution in [0.1, 0.15) is 5.56 Å². The Labute approximate surface area is 185 Å². The Morgan fingerprint density at radius 3 is 2.61 bits per heavy atom. The second-order valence-corrected chi connectivity index (χ2v) is 8.26. The lowest BCUT2D eigenvalue weighted by Gasteiger charge is -2.11. The summed E-state index contributed by atoms with van der Waals surface area (Å²) < 4.78 is 53.6. The Balaban J connectivity index is 1.69. The molecular weight excluding hydrogens is 457 g/mol. The van der Waals surface area contributed by atoms with E-state index in [0.29, 0.717) is 4.57 Å². The summed E-state index contributed by atoms with van der Waals surface area (Å²) in [6.07, 6.45) is 2.97. The van der Waals surface area contributed by atoms with Crippen molar-refractivity contribution in [2.24, 2.45) is 0 Å². The number of benzene rings is 2. The van der Waals surface area contributed by atoms with E-state index in [1.807, 2.05) is 9.44 Å². The molecule has 0 bridgehead atoms. The van der Waals surface area contributed by atoms with Crippen molar-refractivity contribution in [2.45, 2.75) is 6.54 Å². The van der Waals surface area contributed by atoms with Gasteiger partial charge >= 0.3 is 11.8 Å². The summed E-state index contributed by atoms with van der Waals surface area (Å²) in [6.45, 7) is -0.478. The number of hydrogen-bond acceptors (Lipinski definition) is 8. The summed E-state index contributed by atoms with van der Waals surface area (Å²) in [6, 6.07) is 9.79. The Bertz CT molecular complexity index is 1550. The summed E-state index contributed by atoms with van der Waals surface area (Å²) in [7, 11) is -2.81. The number of ether oxygens (including phenoxy) is 1. The molecule has 11 nitrogen and oxygen atoms in total. The molecule has 4 aromatic rings. The average molecular weight is 473 g/mol. The summed E-state index contributed by atoms with van der Waals surface area (Å²) in [5, 5.41) is 0.0587. The minimum atomic E-state index is -3.97. The molecule has 2 heterocycles. The molecule has 170 valence electrons. The van der Waals surface area contributed by atoms with Crippen molar-refractivity contribution in [2.75, 3.05) is 11.8 Å². The smallest absolute Gasteiger partial charge is 0.422 e. The molecule has 0 aliphatic rings. The fourth-order valence-corrected chi connectivity index (χ4v) is 3.48. The van der Waals surface area contributed by atoms with Crippen molar-refractivity contribution >= 4 is 26.9 Å². The van der Waals surface area contributed by atoms with Crippen molar-refractivity contribution in [1.29, 1.82) is 0 Å². The van der Waals surface area contributed by atoms with Gasteiger partial charge in [0.05, 0.1) is 17.6 Å². The minimum Gasteiger partial charge on any atom is -0.424 e. The highest BCUT2D eigenvalue weighted by atomic mass is 32.2. The third kappa shape index (κ3) is 4.73. The minimum absolute atomic E-state index is 0.0364. The zero-order valence-corrected chi connectivity index (χ0v) is 17.8. The summed E-state index contributed by atoms with van der Waals surface area (Å²) in [5.41, 5.74) is -1.19. The first-order chi connectivity index (χ1) is 15.8. The molecule has 0 spiro atoms. The summed E-state index contributed by atoms with van der Waals surface area (Å²) in [4.78, 5) is 33.2. The fourth-order valence-electron chi connectivity index (χ4n) is 2.93. The van der Waals surface area contributed by atoms with E-state index in [4.69, 9.17) is 9.15 Å². The van der Waals surface area contributed by atoms with Gasteiger partial charge in [-0.15, -0.1) is 0 Å². The van der Waals surface area contributed by atoms with Gasteiger partial charge in [-0.2, -0.15) is 8.42 Å². The monoisotopic (exact) mass is 473 g/mol. The summed E-state index contributed by atoms with van der Waals surface area (Å²) in [5.74, 6) is -1.72. The highest BCUT2D eigenvalue weighted by Gasteiger charge is 2.17. The highest BCUT2D eigenvalue weighted by Crippen LogP contribution is 2.22. The van der Waals surface area contributed by atoms with Crippen LogP contribution in [0.15, 0.2) is 68.9 Å². The molecule has 2 aromatic carbocycles. The molecule has 0 radical (unpaired) electrons. The van der Waals surface area contributed by atoms with Crippen molar-refractivity contribution in [3.8, 4) is 11.8 Å². The number of aromatic nitrogens is 3. The molecule has 0 saturated heterocycles. The second kappa shape index (κ2) is 8.80. The standard InChI is InChI=1S/C20H16FN5O6S/c1-22-33(29,30)25-15-5-2-4-12(17(15)21)11-26-18(27)14-7-6-13(10-16(14)32-20(26)28)31-19-23-8-3-9-24-19/h2-10,22,25H,11H2,1H3. The highest BCUT2D eigenvalue weighted by molar-refractivity contribution is 7.90. The summed E-state index contributed by atoms with van der Waals surface area (Å²) >= 11 is 0. The topological polar surface area (TPSA) is 145 Å². The van der Waals surface area contributed by atoms with Gasteiger partial charge in [0, 0.05) is 31.1 Å². The predicted octanol–water partition coefficient (Wildman–Crippen LogP) is 1.60. The van der Waals surface area contributed by atoms with Gasteiger partial charge in [0.15, 0.2) is 5.82 Å². The Morgan fingerprint density at radius 2 is 1.88 bits per heavy atom. The van der Waals surface area contributed by atoms with Crippen LogP contribution in [0, 0.1) is 5.82 Å². The second-order valence-electron chi connectivity index (χ2n) is 6.64. The van der Waals surface area contributed by atoms with Crippen LogP contribution in [-0.2, 0) is 16.8 Å². The molecule has 2 N–H and O–H groups in total. The van der Waals surface area contributed by atoms with Crippen LogP contribution < -0.4 is 25.5 Å². The van der Waals surface area contributed by atoms with Crippen LogP contribution in [0.2, 0.25) is 0 Å². The van der Waals surface area contributed by atoms with Crippen LogP contribution in [0.5, 0.6) is 11.8 Å². The molecule has 13 heteroatoms. The van der Waals surface area contributed by atoms with Crippen LogP contribution >= 0.6 is 0 Å². The molecule has 0 fully saturated rings. The van der Waals surface area contributed by atoms with Gasteiger partial charge in [0.25, 0.3) is 15.8 Å². The maximum atomic E-state index is 14.8. The van der Waals surface area contributed by atoms with Gasteiger partial charge < -0.3 is 9.15 Å². The zero-order chi connectivity index (χ0) is 23.6. The van der Waals surface area contributed by atoms with Gasteiger partial charge in [-0.3, -0.25) is 9.52 Å². The van der Waals surface area contributed by atoms with E-state index in [-0.39, 0.29) is 34.0 Å². The SMILES string of the molecule is CNS(=O)(=O)Nc1cccc(Cn2c(=O)oc3cc(Oc4ncccn4)ccc3c2=O)c1F. The molecule has 2 aromatic heterocycles. The molecule has 0 aliphatic heterocycles. The normalized spacial score (nSPS) is 11.5. The largest absolute Gasteiger partial charge is 0.424 e. The van der Waals surface area contributed by atoms with Gasteiger partial charge in [-0.25, -0.2) is 28.4 Å². The molecule has 33 heavy (non-hydrogen) atoms. The van der Waals surface area contributed by atoms with E-state index >= 15 is 0 Å². The van der Waals surface area contributed by atoms with E-state index in [0.717, 1.165) is 7.05 Å². The van der Waals surface area contributed by atoms with Crippen molar-refractivity contribution < 1.29 is 22.0 Å². The molecule has 4 rings (SSSR count). The van der Waals surface area contributed by atoms with Crippen molar-refractivity contribution in [3.63, 3.8) is 0 Å². The predicted molar refractivity (Wildman–Crippen MR) is 116 cm³/mol. The first-order valence-electron chi connectivity index (χ1n) is 9.38. The van der Waals surface area contributed by atoms with Gasteiger partial charge in [0.2, 0.25) is 0 Å². The molecule has 0 unspecified atom stereocenters. The van der Waals surface area contributed by atoms with Crippen LogP contribution in [0.4, 0.5) is 10.1 Å². The van der Waals surface area contributed by atoms with Crippen LogP contribution in [0.25, 0.3) is 11.0 Å². The lowest BCUT2D eigenvalue weighted by Crippen LogP contribution is -2.33. The molecule has 0 atom stereocenters. The Hall–Kier alpha value is -4.10. The Kier molecular flexibility index (Phi) is 5.89. The number of anilines is 1. The molecule has 0 saturated carbocycles. The van der Waals surface area contributed by atoms with Gasteiger partial charge in [0.1, 0.15) is 11.3 Å². The number of halogens is 1. The first kappa shape index (κ1) is 22.1. The third-order valence-corrected chi connectivity index (χ3v) is 5.54. The van der Waals surface area contributed by atoms with E-state index < -0.39 is 33.9 Å². The lowest BCUT2D eigenvalue weighted by atomic mass is 10.2. The zero-order valence-electron chi connectivity index (χ0n) is 17.0. The number of nitrogens with zero attached hydrogens (tertiary/aromatic N) is 3. The van der Waals surface area contributed by atoms with Crippen molar-refractivity contribution in [3.05, 3.63) is 87.1 Å². The van der Waals surface area contributed by atoms with E-state index in [9.17, 15) is 22.4 Å². The maximum absolute atomic E-state index is 14.8. The quantitative estimate of drug-likeness (QED) is 0.412. The fraction of sp³-hybridized carbons (Fsp3) is 0.100. The third-order valence-electron chi connectivity index (χ3n) is 4.52. The number of fused-ring (bicyclic) bond motifs is 1. The van der Waals surface area contributed by atoms with Crippen molar-refractivity contribution in [1.82, 2.24) is 19.3 Å². The molecular formula is C20H16FN5O6S. The average Bonchev–Trinajstić information content (AvgIpc) is 2.79. The van der Waals surface area contributed by atoms with Crippen LogP contribution in [-0.4, -0.2) is 30.0 Å². The molecule has 0 aliphatic carbocycles. The van der Waals surface area contributed by atoms with E-state index in [1.165, 1.54) is 48.8 Å². The lowest BCUT2D eigenvalue weighted by molar-refractivity contribution is 0.437. The Morgan fingerprint density at radius 1 is 1.12 bits per heavy atom. The van der Waals surface area contributed by atoms with Gasteiger partial charge in [-0.1, -0.05) is 12.1 Å². The molecule has 0 amide bonds. The number of rotatable bonds is 7. The van der Waals surface area contributed by atoms with Gasteiger partial charge in [-0.05, 0) is 24.3 Å².